The molecule has 1 fully saturated rings. The summed E-state index contributed by atoms with van der Waals surface area (Å²) >= 11 is 0. The Morgan fingerprint density at radius 2 is 1.77 bits per heavy atom. The number of aryl methyl sites for hydroxylation is 1. The minimum atomic E-state index is -0.439. The number of likely N-dealkylation sites (N-methyl/N-ethyl adjacent to an activating group) is 1. The summed E-state index contributed by atoms with van der Waals surface area (Å²) in [6.45, 7) is 7.50. The quantitative estimate of drug-likeness (QED) is 0.622. The first-order chi connectivity index (χ1) is 15.0. The molecule has 0 spiro atoms. The smallest absolute Gasteiger partial charge is 0.336 e. The van der Waals surface area contributed by atoms with E-state index in [0.29, 0.717) is 11.1 Å². The van der Waals surface area contributed by atoms with E-state index in [9.17, 15) is 9.59 Å². The zero-order chi connectivity index (χ0) is 21.8. The molecule has 162 valence electrons. The van der Waals surface area contributed by atoms with Crippen molar-refractivity contribution in [1.82, 2.24) is 9.80 Å². The van der Waals surface area contributed by atoms with Crippen LogP contribution in [0, 0.1) is 6.92 Å². The Balaban J connectivity index is 1.35. The monoisotopic (exact) mass is 419 g/mol. The molecule has 0 aliphatic carbocycles. The number of nitrogens with one attached hydrogen (secondary N) is 1. The molecule has 1 aliphatic heterocycles. The summed E-state index contributed by atoms with van der Waals surface area (Å²) in [5.41, 5.74) is 3.78. The molecule has 1 aliphatic rings. The molecule has 6 nitrogen and oxygen atoms in total. The molecule has 0 unspecified atom stereocenters. The Kier molecular flexibility index (Phi) is 6.49. The zero-order valence-corrected chi connectivity index (χ0v) is 18.2. The molecule has 1 N–H and O–H groups in total. The van der Waals surface area contributed by atoms with E-state index in [0.717, 1.165) is 55.8 Å². The summed E-state index contributed by atoms with van der Waals surface area (Å²) in [5.74, 6) is -0.155. The number of benzene rings is 2. The minimum Gasteiger partial charge on any atom is -0.423 e. The van der Waals surface area contributed by atoms with Gasteiger partial charge in [0.25, 0.3) is 0 Å². The van der Waals surface area contributed by atoms with Crippen molar-refractivity contribution in [2.45, 2.75) is 19.8 Å². The first kappa shape index (κ1) is 21.3. The van der Waals surface area contributed by atoms with Crippen molar-refractivity contribution in [2.24, 2.45) is 0 Å². The number of amides is 1. The number of carbonyl (C=O) groups excluding carboxylic acids is 1. The van der Waals surface area contributed by atoms with Crippen LogP contribution in [0.4, 0.5) is 5.69 Å². The number of anilines is 1. The molecule has 2 aromatic carbocycles. The number of hydrogen-bond donors (Lipinski definition) is 1. The summed E-state index contributed by atoms with van der Waals surface area (Å²) in [6, 6.07) is 15.1. The fourth-order valence-electron chi connectivity index (χ4n) is 3.97. The molecule has 4 rings (SSSR count). The van der Waals surface area contributed by atoms with E-state index < -0.39 is 5.63 Å². The van der Waals surface area contributed by atoms with Crippen molar-refractivity contribution in [2.75, 3.05) is 45.1 Å². The second kappa shape index (κ2) is 9.45. The third-order valence-electron chi connectivity index (χ3n) is 5.89. The second-order valence-corrected chi connectivity index (χ2v) is 8.41. The third-order valence-corrected chi connectivity index (χ3v) is 5.89. The highest BCUT2D eigenvalue weighted by atomic mass is 16.4. The van der Waals surface area contributed by atoms with Gasteiger partial charge in [0.2, 0.25) is 5.91 Å². The highest BCUT2D eigenvalue weighted by Crippen LogP contribution is 2.19. The summed E-state index contributed by atoms with van der Waals surface area (Å²) < 4.78 is 5.28. The first-order valence-corrected chi connectivity index (χ1v) is 10.8. The summed E-state index contributed by atoms with van der Waals surface area (Å²) in [6.07, 6.45) is 1.12. The molecule has 0 atom stereocenters. The van der Waals surface area contributed by atoms with E-state index in [4.69, 9.17) is 4.42 Å². The van der Waals surface area contributed by atoms with Crippen molar-refractivity contribution in [3.05, 3.63) is 75.6 Å². The average Bonchev–Trinajstić information content (AvgIpc) is 2.74. The van der Waals surface area contributed by atoms with Crippen molar-refractivity contribution < 1.29 is 9.21 Å². The van der Waals surface area contributed by atoms with E-state index in [1.54, 1.807) is 0 Å². The predicted molar refractivity (Wildman–Crippen MR) is 124 cm³/mol. The molecule has 1 amide bonds. The maximum absolute atomic E-state index is 12.6. The number of rotatable bonds is 6. The molecule has 31 heavy (non-hydrogen) atoms. The van der Waals surface area contributed by atoms with Gasteiger partial charge in [0.15, 0.2) is 0 Å². The minimum absolute atomic E-state index is 0.121. The summed E-state index contributed by atoms with van der Waals surface area (Å²) in [7, 11) is 2.17. The standard InChI is InChI=1S/C25H29N3O3/c1-18-3-8-22-20(17-25(30)31-23(22)15-18)16-24(29)26-21-6-4-19(5-7-21)9-10-28-13-11-27(2)12-14-28/h3-8,15,17H,9-14,16H2,1-2H3,(H,26,29). The van der Waals surface area contributed by atoms with Gasteiger partial charge in [-0.25, -0.2) is 4.79 Å². The normalized spacial score (nSPS) is 15.3. The van der Waals surface area contributed by atoms with Crippen molar-refractivity contribution in [3.63, 3.8) is 0 Å². The van der Waals surface area contributed by atoms with Gasteiger partial charge in [0.1, 0.15) is 5.58 Å². The Bertz CT molecular complexity index is 1110. The molecular weight excluding hydrogens is 390 g/mol. The number of hydrogen-bond acceptors (Lipinski definition) is 5. The lowest BCUT2D eigenvalue weighted by molar-refractivity contribution is -0.115. The second-order valence-electron chi connectivity index (χ2n) is 8.41. The first-order valence-electron chi connectivity index (χ1n) is 10.8. The van der Waals surface area contributed by atoms with Gasteiger partial charge in [0.05, 0.1) is 6.42 Å². The Labute approximate surface area is 182 Å². The number of carbonyl (C=O) groups is 1. The lowest BCUT2D eigenvalue weighted by Gasteiger charge is -2.32. The van der Waals surface area contributed by atoms with E-state index >= 15 is 0 Å². The fraction of sp³-hybridized carbons (Fsp3) is 0.360. The van der Waals surface area contributed by atoms with Crippen molar-refractivity contribution in [1.29, 1.82) is 0 Å². The maximum atomic E-state index is 12.6. The number of fused-ring (bicyclic) bond motifs is 1. The molecule has 0 bridgehead atoms. The van der Waals surface area contributed by atoms with Gasteiger partial charge in [-0.2, -0.15) is 0 Å². The largest absolute Gasteiger partial charge is 0.423 e. The van der Waals surface area contributed by atoms with E-state index in [1.165, 1.54) is 11.6 Å². The molecule has 2 heterocycles. The Hall–Kier alpha value is -2.96. The van der Waals surface area contributed by atoms with Gasteiger partial charge < -0.3 is 19.5 Å². The van der Waals surface area contributed by atoms with Crippen LogP contribution in [0.1, 0.15) is 16.7 Å². The summed E-state index contributed by atoms with van der Waals surface area (Å²) in [4.78, 5) is 29.3. The van der Waals surface area contributed by atoms with E-state index in [2.05, 4.69) is 34.3 Å². The van der Waals surface area contributed by atoms with Crippen LogP contribution in [0.2, 0.25) is 0 Å². The molecule has 3 aromatic rings. The molecule has 0 radical (unpaired) electrons. The van der Waals surface area contributed by atoms with Crippen LogP contribution in [0.5, 0.6) is 0 Å². The van der Waals surface area contributed by atoms with Gasteiger partial charge in [-0.3, -0.25) is 4.79 Å². The van der Waals surface area contributed by atoms with Crippen LogP contribution in [0.25, 0.3) is 11.0 Å². The van der Waals surface area contributed by atoms with Crippen LogP contribution >= 0.6 is 0 Å². The highest BCUT2D eigenvalue weighted by molar-refractivity contribution is 5.95. The van der Waals surface area contributed by atoms with Gasteiger partial charge in [-0.15, -0.1) is 0 Å². The SMILES string of the molecule is Cc1ccc2c(CC(=O)Nc3ccc(CCN4CCN(C)CC4)cc3)cc(=O)oc2c1. The van der Waals surface area contributed by atoms with Gasteiger partial charge in [-0.1, -0.05) is 24.3 Å². The fourth-order valence-corrected chi connectivity index (χ4v) is 3.97. The topological polar surface area (TPSA) is 65.8 Å². The Morgan fingerprint density at radius 3 is 2.52 bits per heavy atom. The molecule has 1 saturated heterocycles. The van der Waals surface area contributed by atoms with Gasteiger partial charge in [-0.05, 0) is 55.3 Å². The van der Waals surface area contributed by atoms with Crippen LogP contribution < -0.4 is 10.9 Å². The molecule has 1 aromatic heterocycles. The van der Waals surface area contributed by atoms with Crippen LogP contribution in [0.3, 0.4) is 0 Å². The van der Waals surface area contributed by atoms with E-state index in [1.807, 2.05) is 37.3 Å². The zero-order valence-electron chi connectivity index (χ0n) is 18.2. The average molecular weight is 420 g/mol. The number of piperazine rings is 1. The van der Waals surface area contributed by atoms with Gasteiger partial charge in [0, 0.05) is 49.9 Å². The molecular formula is C25H29N3O3. The number of nitrogens with zero attached hydrogens (tertiary/aromatic N) is 2. The lowest BCUT2D eigenvalue weighted by atomic mass is 10.1. The third kappa shape index (κ3) is 5.60. The highest BCUT2D eigenvalue weighted by Gasteiger charge is 2.14. The molecule has 6 heteroatoms. The van der Waals surface area contributed by atoms with E-state index in [-0.39, 0.29) is 12.3 Å². The van der Waals surface area contributed by atoms with Gasteiger partial charge >= 0.3 is 5.63 Å². The van der Waals surface area contributed by atoms with Crippen molar-refractivity contribution in [3.8, 4) is 0 Å². The van der Waals surface area contributed by atoms with Crippen LogP contribution in [-0.2, 0) is 17.6 Å². The Morgan fingerprint density at radius 1 is 1.03 bits per heavy atom. The predicted octanol–water partition coefficient (Wildman–Crippen LogP) is 3.07. The maximum Gasteiger partial charge on any atom is 0.336 e. The van der Waals surface area contributed by atoms with Crippen LogP contribution in [-0.4, -0.2) is 55.5 Å². The lowest BCUT2D eigenvalue weighted by Crippen LogP contribution is -2.45. The van der Waals surface area contributed by atoms with Crippen LogP contribution in [0.15, 0.2) is 57.7 Å². The molecule has 0 saturated carbocycles. The van der Waals surface area contributed by atoms with Crippen molar-refractivity contribution >= 4 is 22.6 Å². The summed E-state index contributed by atoms with van der Waals surface area (Å²) in [5, 5.41) is 3.73.